The molecule has 0 spiro atoms. The van der Waals surface area contributed by atoms with Gasteiger partial charge in [-0.25, -0.2) is 17.2 Å². The Balaban J connectivity index is 2.28. The van der Waals surface area contributed by atoms with Gasteiger partial charge in [0, 0.05) is 18.2 Å². The zero-order valence-electron chi connectivity index (χ0n) is 17.7. The van der Waals surface area contributed by atoms with Gasteiger partial charge >= 0.3 is 0 Å². The Labute approximate surface area is 179 Å². The monoisotopic (exact) mass is 458 g/mol. The first-order valence-corrected chi connectivity index (χ1v) is 10.9. The number of nitrogens with zero attached hydrogens (tertiary/aromatic N) is 1. The van der Waals surface area contributed by atoms with Crippen LogP contribution in [0.4, 0.5) is 14.5 Å². The molecule has 0 aromatic heterocycles. The van der Waals surface area contributed by atoms with Crippen LogP contribution in [0.1, 0.15) is 12.5 Å². The van der Waals surface area contributed by atoms with Crippen molar-refractivity contribution in [2.75, 3.05) is 31.9 Å². The van der Waals surface area contributed by atoms with E-state index in [1.807, 2.05) is 0 Å². The van der Waals surface area contributed by atoms with Crippen molar-refractivity contribution in [2.45, 2.75) is 19.5 Å². The maximum Gasteiger partial charge on any atom is 0.243 e. The average molecular weight is 458 g/mol. The lowest BCUT2D eigenvalue weighted by molar-refractivity contribution is -0.122. The number of methoxy groups -OCH3 is 3. The van der Waals surface area contributed by atoms with Gasteiger partial charge in [0.2, 0.25) is 21.7 Å². The normalized spacial score (nSPS) is 12.1. The van der Waals surface area contributed by atoms with Crippen molar-refractivity contribution >= 4 is 21.6 Å². The molecule has 1 atom stereocenters. The van der Waals surface area contributed by atoms with E-state index in [2.05, 4.69) is 5.32 Å². The van der Waals surface area contributed by atoms with Crippen LogP contribution in [0.3, 0.4) is 0 Å². The molecule has 1 amide bonds. The maximum atomic E-state index is 13.6. The Morgan fingerprint density at radius 3 is 2.19 bits per heavy atom. The van der Waals surface area contributed by atoms with Gasteiger partial charge in [0.05, 0.1) is 33.3 Å². The van der Waals surface area contributed by atoms with Crippen molar-refractivity contribution in [2.24, 2.45) is 0 Å². The summed E-state index contributed by atoms with van der Waals surface area (Å²) in [6.07, 6.45) is 0.870. The quantitative estimate of drug-likeness (QED) is 0.621. The number of nitrogens with one attached hydrogen (secondary N) is 1. The summed E-state index contributed by atoms with van der Waals surface area (Å²) in [5, 5.41) is 2.62. The number of halogens is 2. The molecular weight excluding hydrogens is 434 g/mol. The minimum Gasteiger partial charge on any atom is -0.493 e. The van der Waals surface area contributed by atoms with Crippen LogP contribution in [0.2, 0.25) is 0 Å². The number of amides is 1. The topological polar surface area (TPSA) is 94.2 Å². The maximum absolute atomic E-state index is 13.6. The van der Waals surface area contributed by atoms with E-state index in [0.717, 1.165) is 28.8 Å². The Morgan fingerprint density at radius 2 is 1.68 bits per heavy atom. The Kier molecular flexibility index (Phi) is 7.66. The standard InChI is InChI=1S/C20H24F2N2O6S/c1-12(24(31(5,26)27)14-7-8-15(21)16(22)10-14)20(25)23-11-13-6-9-17(28-2)19(30-4)18(13)29-3/h6-10,12H,11H2,1-5H3,(H,23,25)/t12-/m1/s1. The first-order valence-electron chi connectivity index (χ1n) is 9.05. The molecule has 0 bridgehead atoms. The highest BCUT2D eigenvalue weighted by molar-refractivity contribution is 7.92. The lowest BCUT2D eigenvalue weighted by Gasteiger charge is -2.28. The van der Waals surface area contributed by atoms with Crippen LogP contribution in [0, 0.1) is 11.6 Å². The van der Waals surface area contributed by atoms with E-state index in [9.17, 15) is 22.0 Å². The SMILES string of the molecule is COc1ccc(CNC(=O)[C@@H](C)N(c2ccc(F)c(F)c2)S(C)(=O)=O)c(OC)c1OC. The van der Waals surface area contributed by atoms with Gasteiger partial charge in [0.1, 0.15) is 6.04 Å². The van der Waals surface area contributed by atoms with Crippen LogP contribution in [-0.4, -0.2) is 48.0 Å². The minimum atomic E-state index is -3.99. The molecule has 0 saturated heterocycles. The lowest BCUT2D eigenvalue weighted by atomic mass is 10.1. The Bertz CT molecular complexity index is 1060. The molecular formula is C20H24F2N2O6S. The van der Waals surface area contributed by atoms with Crippen molar-refractivity contribution in [3.63, 3.8) is 0 Å². The molecule has 11 heteroatoms. The van der Waals surface area contributed by atoms with Gasteiger partial charge in [-0.1, -0.05) is 0 Å². The number of hydrogen-bond acceptors (Lipinski definition) is 6. The Morgan fingerprint density at radius 1 is 1.03 bits per heavy atom. The number of ether oxygens (including phenoxy) is 3. The highest BCUT2D eigenvalue weighted by atomic mass is 32.2. The molecule has 2 aromatic rings. The largest absolute Gasteiger partial charge is 0.493 e. The van der Waals surface area contributed by atoms with Gasteiger partial charge < -0.3 is 19.5 Å². The van der Waals surface area contributed by atoms with Crippen LogP contribution in [-0.2, 0) is 21.4 Å². The number of anilines is 1. The van der Waals surface area contributed by atoms with Crippen molar-refractivity contribution < 1.29 is 36.2 Å². The molecule has 0 aliphatic carbocycles. The average Bonchev–Trinajstić information content (AvgIpc) is 2.72. The van der Waals surface area contributed by atoms with Crippen LogP contribution < -0.4 is 23.8 Å². The minimum absolute atomic E-state index is 0.0118. The molecule has 0 aliphatic heterocycles. The van der Waals surface area contributed by atoms with Crippen molar-refractivity contribution in [1.82, 2.24) is 5.32 Å². The lowest BCUT2D eigenvalue weighted by Crippen LogP contribution is -2.47. The first kappa shape index (κ1) is 24.2. The molecule has 0 unspecified atom stereocenters. The third-order valence-electron chi connectivity index (χ3n) is 4.48. The van der Waals surface area contributed by atoms with Crippen molar-refractivity contribution in [3.05, 3.63) is 47.5 Å². The predicted molar refractivity (Wildman–Crippen MR) is 111 cm³/mol. The zero-order valence-corrected chi connectivity index (χ0v) is 18.5. The molecule has 2 rings (SSSR count). The molecule has 0 saturated carbocycles. The number of carbonyl (C=O) groups is 1. The van der Waals surface area contributed by atoms with E-state index in [4.69, 9.17) is 14.2 Å². The molecule has 2 aromatic carbocycles. The molecule has 170 valence electrons. The molecule has 31 heavy (non-hydrogen) atoms. The second kappa shape index (κ2) is 9.82. The van der Waals surface area contributed by atoms with Crippen LogP contribution in [0.15, 0.2) is 30.3 Å². The van der Waals surface area contributed by atoms with E-state index in [0.29, 0.717) is 22.8 Å². The Hall–Kier alpha value is -3.08. The van der Waals surface area contributed by atoms with E-state index < -0.39 is 33.6 Å². The first-order chi connectivity index (χ1) is 14.5. The van der Waals surface area contributed by atoms with Crippen LogP contribution in [0.5, 0.6) is 17.2 Å². The highest BCUT2D eigenvalue weighted by Crippen LogP contribution is 2.39. The van der Waals surface area contributed by atoms with Crippen LogP contribution in [0.25, 0.3) is 0 Å². The third kappa shape index (κ3) is 5.35. The number of rotatable bonds is 9. The number of sulfonamides is 1. The second-order valence-electron chi connectivity index (χ2n) is 6.54. The fourth-order valence-electron chi connectivity index (χ4n) is 3.06. The molecule has 8 nitrogen and oxygen atoms in total. The summed E-state index contributed by atoms with van der Waals surface area (Å²) in [5.74, 6) is -1.90. The summed E-state index contributed by atoms with van der Waals surface area (Å²) in [6.45, 7) is 1.32. The van der Waals surface area contributed by atoms with Crippen molar-refractivity contribution in [1.29, 1.82) is 0 Å². The fraction of sp³-hybridized carbons (Fsp3) is 0.350. The number of benzene rings is 2. The van der Waals surface area contributed by atoms with Gasteiger partial charge in [0.25, 0.3) is 0 Å². The van der Waals surface area contributed by atoms with Gasteiger partial charge in [-0.2, -0.15) is 0 Å². The summed E-state index contributed by atoms with van der Waals surface area (Å²) in [7, 11) is 0.357. The highest BCUT2D eigenvalue weighted by Gasteiger charge is 2.30. The number of carbonyl (C=O) groups excluding carboxylic acids is 1. The fourth-order valence-corrected chi connectivity index (χ4v) is 4.23. The zero-order chi connectivity index (χ0) is 23.3. The molecule has 0 aliphatic rings. The molecule has 0 fully saturated rings. The smallest absolute Gasteiger partial charge is 0.243 e. The summed E-state index contributed by atoms with van der Waals surface area (Å²) in [6, 6.07) is 4.65. The van der Waals surface area contributed by atoms with Gasteiger partial charge in [-0.3, -0.25) is 9.10 Å². The summed E-state index contributed by atoms with van der Waals surface area (Å²) in [5.41, 5.74) is 0.382. The van der Waals surface area contributed by atoms with E-state index >= 15 is 0 Å². The third-order valence-corrected chi connectivity index (χ3v) is 5.73. The van der Waals surface area contributed by atoms with Crippen molar-refractivity contribution in [3.8, 4) is 17.2 Å². The van der Waals surface area contributed by atoms with E-state index in [1.54, 1.807) is 12.1 Å². The number of hydrogen-bond donors (Lipinski definition) is 1. The summed E-state index contributed by atoms with van der Waals surface area (Å²) >= 11 is 0. The van der Waals surface area contributed by atoms with Crippen LogP contribution >= 0.6 is 0 Å². The molecule has 0 heterocycles. The van der Waals surface area contributed by atoms with Gasteiger partial charge in [0.15, 0.2) is 23.1 Å². The van der Waals surface area contributed by atoms with Gasteiger partial charge in [-0.15, -0.1) is 0 Å². The van der Waals surface area contributed by atoms with E-state index in [1.165, 1.54) is 28.3 Å². The predicted octanol–water partition coefficient (Wildman–Crippen LogP) is 2.46. The second-order valence-corrected chi connectivity index (χ2v) is 8.40. The van der Waals surface area contributed by atoms with Gasteiger partial charge in [-0.05, 0) is 31.2 Å². The molecule has 0 radical (unpaired) electrons. The summed E-state index contributed by atoms with van der Waals surface area (Å²) < 4.78 is 68.1. The van der Waals surface area contributed by atoms with E-state index in [-0.39, 0.29) is 12.2 Å². The summed E-state index contributed by atoms with van der Waals surface area (Å²) in [4.78, 5) is 12.7. The molecule has 1 N–H and O–H groups in total.